The molecule has 0 aromatic heterocycles. The van der Waals surface area contributed by atoms with E-state index < -0.39 is 0 Å². The van der Waals surface area contributed by atoms with Crippen molar-refractivity contribution in [1.29, 1.82) is 0 Å². The van der Waals surface area contributed by atoms with Gasteiger partial charge in [0.15, 0.2) is 0 Å². The fourth-order valence-electron chi connectivity index (χ4n) is 2.77. The Hall–Kier alpha value is -3.74. The van der Waals surface area contributed by atoms with Crippen molar-refractivity contribution in [2.24, 2.45) is 0 Å². The fourth-order valence-corrected chi connectivity index (χ4v) is 2.77. The Morgan fingerprint density at radius 1 is 0.385 bits per heavy atom. The van der Waals surface area contributed by atoms with E-state index in [1.807, 2.05) is 72.8 Å². The molecule has 4 aromatic carbocycles. The van der Waals surface area contributed by atoms with Gasteiger partial charge in [-0.25, -0.2) is 0 Å². The molecule has 0 aliphatic carbocycles. The molecule has 0 heteroatoms. The van der Waals surface area contributed by atoms with Gasteiger partial charge in [0.25, 0.3) is 0 Å². The van der Waals surface area contributed by atoms with Crippen molar-refractivity contribution < 1.29 is 0 Å². The lowest BCUT2D eigenvalue weighted by atomic mass is 10.0. The van der Waals surface area contributed by atoms with Crippen molar-refractivity contribution in [2.45, 2.75) is 0 Å². The topological polar surface area (TPSA) is 0 Å². The molecule has 0 nitrogen and oxygen atoms in total. The van der Waals surface area contributed by atoms with E-state index in [1.165, 1.54) is 10.8 Å². The van der Waals surface area contributed by atoms with E-state index in [1.54, 1.807) is 0 Å². The van der Waals surface area contributed by atoms with Crippen molar-refractivity contribution in [2.75, 3.05) is 0 Å². The quantitative estimate of drug-likeness (QED) is 0.366. The Bertz CT molecular complexity index is 1070. The van der Waals surface area contributed by atoms with E-state index in [2.05, 4.69) is 47.9 Å². The first-order valence-electron chi connectivity index (χ1n) is 8.55. The van der Waals surface area contributed by atoms with E-state index in [0.717, 1.165) is 22.3 Å². The van der Waals surface area contributed by atoms with E-state index >= 15 is 0 Å². The molecule has 0 heterocycles. The highest BCUT2D eigenvalue weighted by Gasteiger charge is 2.01. The molecule has 120 valence electrons. The Balaban J connectivity index is 1.82. The van der Waals surface area contributed by atoms with Gasteiger partial charge >= 0.3 is 0 Å². The van der Waals surface area contributed by atoms with Gasteiger partial charge in [-0.15, -0.1) is 0 Å². The molecule has 0 saturated carbocycles. The molecule has 0 spiro atoms. The molecule has 0 unspecified atom stereocenters. The molecule has 4 rings (SSSR count). The smallest absolute Gasteiger partial charge is 0.0412 e. The van der Waals surface area contributed by atoms with Crippen molar-refractivity contribution >= 4 is 10.8 Å². The second-order valence-corrected chi connectivity index (χ2v) is 5.98. The van der Waals surface area contributed by atoms with Crippen LogP contribution in [0, 0.1) is 23.7 Å². The Morgan fingerprint density at radius 3 is 1.19 bits per heavy atom. The second kappa shape index (κ2) is 7.43. The highest BCUT2D eigenvalue weighted by Crippen LogP contribution is 2.19. The van der Waals surface area contributed by atoms with Gasteiger partial charge in [0.2, 0.25) is 0 Å². The van der Waals surface area contributed by atoms with Crippen LogP contribution in [0.15, 0.2) is 97.1 Å². The Labute approximate surface area is 154 Å². The standard InChI is InChI=1S/C26H16/c1-3-9-21(10-4-1)15-17-25-19-23-13-7-8-14-24(23)20-26(25)18-16-22-11-5-2-6-12-22/h1-14,19-20H. The maximum atomic E-state index is 3.31. The molecule has 0 saturated heterocycles. The van der Waals surface area contributed by atoms with Crippen LogP contribution in [0.3, 0.4) is 0 Å². The Kier molecular flexibility index (Phi) is 4.51. The summed E-state index contributed by atoms with van der Waals surface area (Å²) >= 11 is 0. The van der Waals surface area contributed by atoms with Crippen molar-refractivity contribution in [3.8, 4) is 23.7 Å². The first-order valence-corrected chi connectivity index (χ1v) is 8.55. The van der Waals surface area contributed by atoms with Crippen LogP contribution >= 0.6 is 0 Å². The molecule has 26 heavy (non-hydrogen) atoms. The third kappa shape index (κ3) is 3.67. The van der Waals surface area contributed by atoms with E-state index in [4.69, 9.17) is 0 Å². The summed E-state index contributed by atoms with van der Waals surface area (Å²) in [5.41, 5.74) is 3.91. The molecular formula is C26H16. The van der Waals surface area contributed by atoms with Crippen LogP contribution in [0.2, 0.25) is 0 Å². The van der Waals surface area contributed by atoms with Crippen LogP contribution in [0.1, 0.15) is 22.3 Å². The predicted molar refractivity (Wildman–Crippen MR) is 109 cm³/mol. The molecule has 0 fully saturated rings. The number of hydrogen-bond donors (Lipinski definition) is 0. The van der Waals surface area contributed by atoms with Crippen LogP contribution in [0.5, 0.6) is 0 Å². The lowest BCUT2D eigenvalue weighted by Gasteiger charge is -2.02. The van der Waals surface area contributed by atoms with Crippen LogP contribution in [-0.2, 0) is 0 Å². The average Bonchev–Trinajstić information content (AvgIpc) is 2.72. The van der Waals surface area contributed by atoms with E-state index in [-0.39, 0.29) is 0 Å². The number of rotatable bonds is 0. The number of benzene rings is 4. The SMILES string of the molecule is C(#Cc1cc2ccccc2cc1C#Cc1ccccc1)c1ccccc1. The molecular weight excluding hydrogens is 312 g/mol. The highest BCUT2D eigenvalue weighted by molar-refractivity contribution is 5.86. The van der Waals surface area contributed by atoms with E-state index in [0.29, 0.717) is 0 Å². The fraction of sp³-hybridized carbons (Fsp3) is 0. The summed E-state index contributed by atoms with van der Waals surface area (Å²) in [6.45, 7) is 0. The third-order valence-corrected chi connectivity index (χ3v) is 4.12. The van der Waals surface area contributed by atoms with Gasteiger partial charge < -0.3 is 0 Å². The summed E-state index contributed by atoms with van der Waals surface area (Å²) in [6.07, 6.45) is 0. The predicted octanol–water partition coefficient (Wildman–Crippen LogP) is 5.64. The molecule has 0 aliphatic heterocycles. The molecule has 4 aromatic rings. The zero-order chi connectivity index (χ0) is 17.6. The van der Waals surface area contributed by atoms with Gasteiger partial charge in [0.05, 0.1) is 0 Å². The summed E-state index contributed by atoms with van der Waals surface area (Å²) in [7, 11) is 0. The van der Waals surface area contributed by atoms with Crippen molar-refractivity contribution in [1.82, 2.24) is 0 Å². The van der Waals surface area contributed by atoms with Gasteiger partial charge in [-0.05, 0) is 47.2 Å². The van der Waals surface area contributed by atoms with Gasteiger partial charge in [0, 0.05) is 22.3 Å². The second-order valence-electron chi connectivity index (χ2n) is 5.98. The number of hydrogen-bond acceptors (Lipinski definition) is 0. The van der Waals surface area contributed by atoms with Crippen LogP contribution in [0.4, 0.5) is 0 Å². The largest absolute Gasteiger partial charge is 0.0622 e. The highest BCUT2D eigenvalue weighted by atomic mass is 14.0. The molecule has 0 amide bonds. The maximum Gasteiger partial charge on any atom is 0.0412 e. The zero-order valence-corrected chi connectivity index (χ0v) is 14.2. The monoisotopic (exact) mass is 328 g/mol. The first kappa shape index (κ1) is 15.8. The summed E-state index contributed by atoms with van der Waals surface area (Å²) in [5.74, 6) is 13.1. The van der Waals surface area contributed by atoms with Crippen LogP contribution in [-0.4, -0.2) is 0 Å². The molecule has 0 N–H and O–H groups in total. The number of fused-ring (bicyclic) bond motifs is 1. The maximum absolute atomic E-state index is 3.31. The molecule has 0 bridgehead atoms. The minimum atomic E-state index is 0.955. The van der Waals surface area contributed by atoms with Crippen LogP contribution in [0.25, 0.3) is 10.8 Å². The third-order valence-electron chi connectivity index (χ3n) is 4.12. The van der Waals surface area contributed by atoms with Crippen molar-refractivity contribution in [3.63, 3.8) is 0 Å². The first-order chi connectivity index (χ1) is 12.9. The van der Waals surface area contributed by atoms with Gasteiger partial charge in [0.1, 0.15) is 0 Å². The summed E-state index contributed by atoms with van der Waals surface area (Å²) in [4.78, 5) is 0. The van der Waals surface area contributed by atoms with Gasteiger partial charge in [-0.1, -0.05) is 84.3 Å². The summed E-state index contributed by atoms with van der Waals surface area (Å²) in [5, 5.41) is 2.35. The van der Waals surface area contributed by atoms with Crippen LogP contribution < -0.4 is 0 Å². The van der Waals surface area contributed by atoms with E-state index in [9.17, 15) is 0 Å². The van der Waals surface area contributed by atoms with Gasteiger partial charge in [-0.2, -0.15) is 0 Å². The summed E-state index contributed by atoms with van der Waals surface area (Å²) < 4.78 is 0. The molecule has 0 radical (unpaired) electrons. The lowest BCUT2D eigenvalue weighted by molar-refractivity contribution is 1.61. The minimum absolute atomic E-state index is 0.955. The Morgan fingerprint density at radius 2 is 0.769 bits per heavy atom. The van der Waals surface area contributed by atoms with Gasteiger partial charge in [-0.3, -0.25) is 0 Å². The minimum Gasteiger partial charge on any atom is -0.0622 e. The molecule has 0 atom stereocenters. The zero-order valence-electron chi connectivity index (χ0n) is 14.2. The normalized spacial score (nSPS) is 9.69. The molecule has 0 aliphatic rings. The van der Waals surface area contributed by atoms with Crippen molar-refractivity contribution in [3.05, 3.63) is 119 Å². The summed E-state index contributed by atoms with van der Waals surface area (Å²) in [6, 6.07) is 32.6. The average molecular weight is 328 g/mol. The lowest BCUT2D eigenvalue weighted by Crippen LogP contribution is -1.86.